The van der Waals surface area contributed by atoms with Crippen molar-refractivity contribution >= 4 is 28.3 Å². The zero-order valence-corrected chi connectivity index (χ0v) is 19.0. The lowest BCUT2D eigenvalue weighted by atomic mass is 10.1. The first kappa shape index (κ1) is 23.1. The number of nitrogens with one attached hydrogen (secondary N) is 1. The maximum Gasteiger partial charge on any atom is 0.311 e. The number of benzene rings is 1. The summed E-state index contributed by atoms with van der Waals surface area (Å²) in [5, 5.41) is 4.74. The maximum atomic E-state index is 12.5. The highest BCUT2D eigenvalue weighted by Crippen LogP contribution is 2.36. The van der Waals surface area contributed by atoms with Gasteiger partial charge in [0.1, 0.15) is 23.0 Å². The van der Waals surface area contributed by atoms with Crippen LogP contribution in [0.1, 0.15) is 34.5 Å². The van der Waals surface area contributed by atoms with Crippen LogP contribution in [0.25, 0.3) is 0 Å². The number of carbonyl (C=O) groups excluding carboxylic acids is 2. The van der Waals surface area contributed by atoms with Crippen molar-refractivity contribution in [1.29, 1.82) is 0 Å². The summed E-state index contributed by atoms with van der Waals surface area (Å²) in [4.78, 5) is 28.3. The molecule has 0 saturated heterocycles. The standard InChI is InChI=1S/C22H24N2O7S/c1-5-30-20(25)8-13-12-32-22(23-13)24-21(26)17-7-6-14(31-17)9-16-18(28-3)10-15(27-2)11-19(16)29-4/h6-7,10-12H,5,8-9H2,1-4H3,(H,23,24,26). The van der Waals surface area contributed by atoms with Crippen molar-refractivity contribution in [2.24, 2.45) is 0 Å². The molecule has 3 rings (SSSR count). The number of hydrogen-bond donors (Lipinski definition) is 1. The zero-order valence-electron chi connectivity index (χ0n) is 18.2. The van der Waals surface area contributed by atoms with Gasteiger partial charge in [-0.1, -0.05) is 0 Å². The number of thiazole rings is 1. The lowest BCUT2D eigenvalue weighted by Crippen LogP contribution is -2.11. The van der Waals surface area contributed by atoms with E-state index in [1.807, 2.05) is 0 Å². The number of esters is 1. The maximum absolute atomic E-state index is 12.5. The van der Waals surface area contributed by atoms with Gasteiger partial charge in [-0.05, 0) is 19.1 Å². The molecule has 0 aliphatic heterocycles. The SMILES string of the molecule is CCOC(=O)Cc1csc(NC(=O)c2ccc(Cc3c(OC)cc(OC)cc3OC)o2)n1. The van der Waals surface area contributed by atoms with E-state index in [0.29, 0.717) is 46.9 Å². The molecule has 1 amide bonds. The molecular formula is C22H24N2O7S. The smallest absolute Gasteiger partial charge is 0.311 e. The Morgan fingerprint density at radius 1 is 1.09 bits per heavy atom. The molecule has 0 spiro atoms. The molecule has 0 bridgehead atoms. The molecule has 1 N–H and O–H groups in total. The second-order valence-electron chi connectivity index (χ2n) is 6.53. The molecule has 0 aliphatic rings. The van der Waals surface area contributed by atoms with Crippen molar-refractivity contribution in [3.63, 3.8) is 0 Å². The van der Waals surface area contributed by atoms with Gasteiger partial charge in [-0.15, -0.1) is 11.3 Å². The van der Waals surface area contributed by atoms with Crippen LogP contribution in [0.4, 0.5) is 5.13 Å². The van der Waals surface area contributed by atoms with Crippen molar-refractivity contribution in [2.45, 2.75) is 19.8 Å². The van der Waals surface area contributed by atoms with Gasteiger partial charge in [-0.3, -0.25) is 14.9 Å². The molecule has 2 aromatic heterocycles. The van der Waals surface area contributed by atoms with Gasteiger partial charge in [0.15, 0.2) is 10.9 Å². The first-order valence-corrected chi connectivity index (χ1v) is 10.6. The summed E-state index contributed by atoms with van der Waals surface area (Å²) in [6.07, 6.45) is 0.404. The Balaban J connectivity index is 1.69. The van der Waals surface area contributed by atoms with E-state index < -0.39 is 5.91 Å². The number of rotatable bonds is 10. The largest absolute Gasteiger partial charge is 0.496 e. The van der Waals surface area contributed by atoms with E-state index in [0.717, 1.165) is 5.56 Å². The summed E-state index contributed by atoms with van der Waals surface area (Å²) in [5.74, 6) is 1.65. The van der Waals surface area contributed by atoms with Crippen molar-refractivity contribution in [3.8, 4) is 17.2 Å². The second kappa shape index (κ2) is 10.7. The molecule has 0 saturated carbocycles. The number of hydrogen-bond acceptors (Lipinski definition) is 9. The monoisotopic (exact) mass is 460 g/mol. The number of carbonyl (C=O) groups is 2. The van der Waals surface area contributed by atoms with Crippen LogP contribution in [0, 0.1) is 0 Å². The van der Waals surface area contributed by atoms with Gasteiger partial charge in [-0.25, -0.2) is 4.98 Å². The normalized spacial score (nSPS) is 10.5. The third-order valence-corrected chi connectivity index (χ3v) is 5.26. The topological polar surface area (TPSA) is 109 Å². The molecule has 0 fully saturated rings. The van der Waals surface area contributed by atoms with Gasteiger partial charge in [0, 0.05) is 29.5 Å². The summed E-state index contributed by atoms with van der Waals surface area (Å²) in [5.41, 5.74) is 1.29. The van der Waals surface area contributed by atoms with Crippen LogP contribution in [0.3, 0.4) is 0 Å². The fraction of sp³-hybridized carbons (Fsp3) is 0.318. The van der Waals surface area contributed by atoms with Crippen LogP contribution in [0.5, 0.6) is 17.2 Å². The van der Waals surface area contributed by atoms with Crippen LogP contribution in [-0.2, 0) is 22.4 Å². The van der Waals surface area contributed by atoms with E-state index >= 15 is 0 Å². The van der Waals surface area contributed by atoms with Crippen LogP contribution in [0.2, 0.25) is 0 Å². The Labute approximate surface area is 189 Å². The highest BCUT2D eigenvalue weighted by atomic mass is 32.1. The van der Waals surface area contributed by atoms with E-state index in [2.05, 4.69) is 10.3 Å². The Kier molecular flexibility index (Phi) is 7.72. The third kappa shape index (κ3) is 5.58. The Bertz CT molecular complexity index is 1060. The summed E-state index contributed by atoms with van der Waals surface area (Å²) < 4.78 is 26.8. The third-order valence-electron chi connectivity index (χ3n) is 4.46. The molecule has 32 heavy (non-hydrogen) atoms. The molecule has 10 heteroatoms. The van der Waals surface area contributed by atoms with Crippen molar-refractivity contribution < 1.29 is 33.0 Å². The second-order valence-corrected chi connectivity index (χ2v) is 7.39. The molecular weight excluding hydrogens is 436 g/mol. The highest BCUT2D eigenvalue weighted by Gasteiger charge is 2.18. The van der Waals surface area contributed by atoms with E-state index in [1.54, 1.807) is 57.9 Å². The summed E-state index contributed by atoms with van der Waals surface area (Å²) >= 11 is 1.22. The molecule has 0 atom stereocenters. The summed E-state index contributed by atoms with van der Waals surface area (Å²) in [6, 6.07) is 6.81. The average Bonchev–Trinajstić information content (AvgIpc) is 3.43. The molecule has 1 aromatic carbocycles. The van der Waals surface area contributed by atoms with Gasteiger partial charge >= 0.3 is 5.97 Å². The Morgan fingerprint density at radius 2 is 1.81 bits per heavy atom. The molecule has 9 nitrogen and oxygen atoms in total. The quantitative estimate of drug-likeness (QED) is 0.456. The van der Waals surface area contributed by atoms with Gasteiger partial charge < -0.3 is 23.4 Å². The first-order chi connectivity index (χ1) is 15.5. The highest BCUT2D eigenvalue weighted by molar-refractivity contribution is 7.14. The van der Waals surface area contributed by atoms with Crippen LogP contribution < -0.4 is 19.5 Å². The summed E-state index contributed by atoms with van der Waals surface area (Å²) in [7, 11) is 4.68. The molecule has 0 aliphatic carbocycles. The number of amides is 1. The van der Waals surface area contributed by atoms with E-state index in [-0.39, 0.29) is 18.2 Å². The number of nitrogens with zero attached hydrogens (tertiary/aromatic N) is 1. The molecule has 170 valence electrons. The lowest BCUT2D eigenvalue weighted by molar-refractivity contribution is -0.142. The average molecular weight is 461 g/mol. The predicted octanol–water partition coefficient (Wildman–Crippen LogP) is 3.71. The number of aromatic nitrogens is 1. The first-order valence-electron chi connectivity index (χ1n) is 9.76. The fourth-order valence-electron chi connectivity index (χ4n) is 2.99. The van der Waals surface area contributed by atoms with E-state index in [4.69, 9.17) is 23.4 Å². The number of furan rings is 1. The van der Waals surface area contributed by atoms with E-state index in [1.165, 1.54) is 11.3 Å². The number of ether oxygens (including phenoxy) is 4. The summed E-state index contributed by atoms with van der Waals surface area (Å²) in [6.45, 7) is 2.05. The minimum absolute atomic E-state index is 0.0522. The van der Waals surface area contributed by atoms with Crippen molar-refractivity contribution in [1.82, 2.24) is 4.98 Å². The molecule has 2 heterocycles. The van der Waals surface area contributed by atoms with Gasteiger partial charge in [0.2, 0.25) is 0 Å². The van der Waals surface area contributed by atoms with Gasteiger partial charge in [-0.2, -0.15) is 0 Å². The van der Waals surface area contributed by atoms with Crippen LogP contribution in [0.15, 0.2) is 34.1 Å². The molecule has 0 unspecified atom stereocenters. The lowest BCUT2D eigenvalue weighted by Gasteiger charge is -2.14. The van der Waals surface area contributed by atoms with Crippen LogP contribution in [-0.4, -0.2) is 44.8 Å². The predicted molar refractivity (Wildman–Crippen MR) is 118 cm³/mol. The van der Waals surface area contributed by atoms with Gasteiger partial charge in [0.05, 0.1) is 40.1 Å². The van der Waals surface area contributed by atoms with Crippen molar-refractivity contribution in [3.05, 3.63) is 52.4 Å². The minimum atomic E-state index is -0.443. The Hall–Kier alpha value is -3.53. The van der Waals surface area contributed by atoms with Crippen LogP contribution >= 0.6 is 11.3 Å². The van der Waals surface area contributed by atoms with E-state index in [9.17, 15) is 9.59 Å². The number of anilines is 1. The Morgan fingerprint density at radius 3 is 2.44 bits per heavy atom. The molecule has 3 aromatic rings. The van der Waals surface area contributed by atoms with Gasteiger partial charge in [0.25, 0.3) is 5.91 Å². The fourth-order valence-corrected chi connectivity index (χ4v) is 3.69. The molecule has 0 radical (unpaired) electrons. The number of methoxy groups -OCH3 is 3. The van der Waals surface area contributed by atoms with Crippen molar-refractivity contribution in [2.75, 3.05) is 33.3 Å². The minimum Gasteiger partial charge on any atom is -0.496 e. The zero-order chi connectivity index (χ0) is 23.1.